The third-order valence-electron chi connectivity index (χ3n) is 5.17. The number of fused-ring (bicyclic) bond motifs is 8. The van der Waals surface area contributed by atoms with E-state index in [1.165, 1.54) is 6.07 Å². The van der Waals surface area contributed by atoms with Crippen molar-refractivity contribution in [3.8, 4) is 0 Å². The highest BCUT2D eigenvalue weighted by atomic mass is 19.1. The normalized spacial score (nSPS) is 22.5. The summed E-state index contributed by atoms with van der Waals surface area (Å²) in [5.74, 6) is -0.849. The number of benzene rings is 3. The lowest BCUT2D eigenvalue weighted by Gasteiger charge is -2.30. The minimum atomic E-state index is -1.05. The van der Waals surface area contributed by atoms with Crippen LogP contribution in [0.15, 0.2) is 66.7 Å². The summed E-state index contributed by atoms with van der Waals surface area (Å²) in [7, 11) is 0. The number of nitrogens with two attached hydrogens (primary N) is 1. The maximum atomic E-state index is 14.8. The summed E-state index contributed by atoms with van der Waals surface area (Å²) in [5, 5.41) is 0. The van der Waals surface area contributed by atoms with Gasteiger partial charge in [-0.3, -0.25) is 4.79 Å². The van der Waals surface area contributed by atoms with Gasteiger partial charge in [0.05, 0.1) is 0 Å². The molecule has 0 aliphatic carbocycles. The molecule has 0 spiro atoms. The molecule has 0 fully saturated rings. The standard InChI is InChI=1S/C21H14FNO2/c22-18-8-4-3-7-16(18)21-15-6-2-1-5-13(15)19(25-21)14-10-9-12(20(23)24)11-17(14)21/h1-11,19H,(H2,23,24). The lowest BCUT2D eigenvalue weighted by atomic mass is 9.73. The summed E-state index contributed by atoms with van der Waals surface area (Å²) in [4.78, 5) is 11.7. The fourth-order valence-corrected chi connectivity index (χ4v) is 4.13. The molecule has 0 radical (unpaired) electrons. The van der Waals surface area contributed by atoms with E-state index in [4.69, 9.17) is 10.5 Å². The summed E-state index contributed by atoms with van der Waals surface area (Å²) in [6, 6.07) is 19.8. The number of halogens is 1. The summed E-state index contributed by atoms with van der Waals surface area (Å²) in [5.41, 5.74) is 8.94. The van der Waals surface area contributed by atoms with Crippen LogP contribution in [0.4, 0.5) is 4.39 Å². The van der Waals surface area contributed by atoms with Crippen molar-refractivity contribution in [1.82, 2.24) is 0 Å². The molecule has 0 saturated heterocycles. The molecule has 0 aromatic heterocycles. The van der Waals surface area contributed by atoms with E-state index in [1.807, 2.05) is 30.3 Å². The van der Waals surface area contributed by atoms with Crippen molar-refractivity contribution in [3.63, 3.8) is 0 Å². The first-order valence-electron chi connectivity index (χ1n) is 8.09. The lowest BCUT2D eigenvalue weighted by molar-refractivity contribution is 0.0224. The summed E-state index contributed by atoms with van der Waals surface area (Å²) < 4.78 is 21.2. The van der Waals surface area contributed by atoms with Crippen LogP contribution in [0.3, 0.4) is 0 Å². The van der Waals surface area contributed by atoms with Crippen molar-refractivity contribution in [2.75, 3.05) is 0 Å². The summed E-state index contributed by atoms with van der Waals surface area (Å²) in [6.07, 6.45) is -0.271. The van der Waals surface area contributed by atoms with Crippen LogP contribution in [0.5, 0.6) is 0 Å². The number of ether oxygens (including phenoxy) is 1. The van der Waals surface area contributed by atoms with Crippen molar-refractivity contribution < 1.29 is 13.9 Å². The number of rotatable bonds is 2. The molecule has 25 heavy (non-hydrogen) atoms. The molecule has 2 unspecified atom stereocenters. The van der Waals surface area contributed by atoms with Crippen molar-refractivity contribution in [2.24, 2.45) is 5.73 Å². The van der Waals surface area contributed by atoms with Crippen molar-refractivity contribution >= 4 is 5.91 Å². The predicted octanol–water partition coefficient (Wildman–Crippen LogP) is 3.65. The van der Waals surface area contributed by atoms with E-state index in [1.54, 1.807) is 30.3 Å². The number of amides is 1. The maximum Gasteiger partial charge on any atom is 0.248 e. The van der Waals surface area contributed by atoms with Gasteiger partial charge in [0.2, 0.25) is 5.91 Å². The molecule has 1 amide bonds. The summed E-state index contributed by atoms with van der Waals surface area (Å²) >= 11 is 0. The average Bonchev–Trinajstić information content (AvgIpc) is 3.15. The molecule has 2 bridgehead atoms. The molecule has 0 saturated carbocycles. The van der Waals surface area contributed by atoms with E-state index in [0.717, 1.165) is 22.3 Å². The zero-order chi connectivity index (χ0) is 17.2. The second-order valence-electron chi connectivity index (χ2n) is 6.41. The third-order valence-corrected chi connectivity index (χ3v) is 5.17. The number of carbonyl (C=O) groups is 1. The number of hydrogen-bond donors (Lipinski definition) is 1. The van der Waals surface area contributed by atoms with Gasteiger partial charge < -0.3 is 10.5 Å². The number of carbonyl (C=O) groups excluding carboxylic acids is 1. The monoisotopic (exact) mass is 331 g/mol. The van der Waals surface area contributed by atoms with Crippen LogP contribution in [0, 0.1) is 5.82 Å². The quantitative estimate of drug-likeness (QED) is 0.779. The second-order valence-corrected chi connectivity index (χ2v) is 6.41. The Morgan fingerprint density at radius 1 is 0.920 bits per heavy atom. The SMILES string of the molecule is NC(=O)c1ccc2c(c1)C1(c3ccccc3F)OC2c2ccccc21. The van der Waals surface area contributed by atoms with Crippen LogP contribution in [0.2, 0.25) is 0 Å². The Labute approximate surface area is 143 Å². The number of hydrogen-bond acceptors (Lipinski definition) is 2. The predicted molar refractivity (Wildman–Crippen MR) is 90.6 cm³/mol. The minimum absolute atomic E-state index is 0.271. The summed E-state index contributed by atoms with van der Waals surface area (Å²) in [6.45, 7) is 0. The lowest BCUT2D eigenvalue weighted by Crippen LogP contribution is -2.28. The van der Waals surface area contributed by atoms with Gasteiger partial charge in [0.25, 0.3) is 0 Å². The van der Waals surface area contributed by atoms with E-state index in [9.17, 15) is 9.18 Å². The van der Waals surface area contributed by atoms with Gasteiger partial charge in [-0.15, -0.1) is 0 Å². The molecule has 3 aromatic carbocycles. The van der Waals surface area contributed by atoms with Crippen LogP contribution >= 0.6 is 0 Å². The largest absolute Gasteiger partial charge is 0.366 e. The molecule has 122 valence electrons. The topological polar surface area (TPSA) is 52.3 Å². The highest BCUT2D eigenvalue weighted by molar-refractivity contribution is 5.93. The first-order valence-corrected chi connectivity index (χ1v) is 8.09. The minimum Gasteiger partial charge on any atom is -0.366 e. The fraction of sp³-hybridized carbons (Fsp3) is 0.0952. The van der Waals surface area contributed by atoms with Crippen LogP contribution < -0.4 is 5.73 Å². The smallest absolute Gasteiger partial charge is 0.248 e. The van der Waals surface area contributed by atoms with Crippen LogP contribution in [0.25, 0.3) is 0 Å². The molecule has 2 N–H and O–H groups in total. The Morgan fingerprint density at radius 3 is 2.36 bits per heavy atom. The zero-order valence-electron chi connectivity index (χ0n) is 13.2. The van der Waals surface area contributed by atoms with Gasteiger partial charge in [0.15, 0.2) is 0 Å². The van der Waals surface area contributed by atoms with Gasteiger partial charge in [-0.05, 0) is 40.5 Å². The Hall–Kier alpha value is -2.98. The molecule has 2 atom stereocenters. The van der Waals surface area contributed by atoms with E-state index < -0.39 is 11.5 Å². The Morgan fingerprint density at radius 2 is 1.60 bits per heavy atom. The van der Waals surface area contributed by atoms with Crippen molar-refractivity contribution in [3.05, 3.63) is 106 Å². The molecule has 3 nitrogen and oxygen atoms in total. The van der Waals surface area contributed by atoms with E-state index in [0.29, 0.717) is 11.1 Å². The van der Waals surface area contributed by atoms with Crippen LogP contribution in [0.1, 0.15) is 44.3 Å². The van der Waals surface area contributed by atoms with Crippen molar-refractivity contribution in [1.29, 1.82) is 0 Å². The second kappa shape index (κ2) is 4.77. The van der Waals surface area contributed by atoms with Gasteiger partial charge in [-0.25, -0.2) is 4.39 Å². The molecular formula is C21H14FNO2. The Kier molecular flexibility index (Phi) is 2.74. The van der Waals surface area contributed by atoms with Crippen LogP contribution in [-0.2, 0) is 10.3 Å². The Balaban J connectivity index is 1.88. The van der Waals surface area contributed by atoms with Crippen molar-refractivity contribution in [2.45, 2.75) is 11.7 Å². The van der Waals surface area contributed by atoms with E-state index in [-0.39, 0.29) is 11.9 Å². The molecule has 3 aromatic rings. The molecule has 2 aliphatic heterocycles. The number of primary amides is 1. The molecule has 4 heteroatoms. The highest BCUT2D eigenvalue weighted by Crippen LogP contribution is 2.61. The first kappa shape index (κ1) is 14.4. The third kappa shape index (κ3) is 1.69. The Bertz CT molecular complexity index is 1050. The van der Waals surface area contributed by atoms with Gasteiger partial charge in [0.1, 0.15) is 17.5 Å². The average molecular weight is 331 g/mol. The highest BCUT2D eigenvalue weighted by Gasteiger charge is 2.56. The first-order chi connectivity index (χ1) is 12.1. The van der Waals surface area contributed by atoms with E-state index >= 15 is 0 Å². The van der Waals surface area contributed by atoms with Gasteiger partial charge in [-0.2, -0.15) is 0 Å². The molecule has 2 aliphatic rings. The van der Waals surface area contributed by atoms with Crippen LogP contribution in [-0.4, -0.2) is 5.91 Å². The molecule has 5 rings (SSSR count). The fourth-order valence-electron chi connectivity index (χ4n) is 4.13. The van der Waals surface area contributed by atoms with E-state index in [2.05, 4.69) is 0 Å². The van der Waals surface area contributed by atoms with Gasteiger partial charge in [-0.1, -0.05) is 48.5 Å². The molecular weight excluding hydrogens is 317 g/mol. The molecule has 2 heterocycles. The zero-order valence-corrected chi connectivity index (χ0v) is 13.2. The van der Waals surface area contributed by atoms with Gasteiger partial charge >= 0.3 is 0 Å². The van der Waals surface area contributed by atoms with Gasteiger partial charge in [0, 0.05) is 11.1 Å². The maximum absolute atomic E-state index is 14.8.